The largest absolute Gasteiger partial charge is 0.493 e. The van der Waals surface area contributed by atoms with Crippen LogP contribution in [0.1, 0.15) is 35.2 Å². The molecule has 2 aromatic rings. The summed E-state index contributed by atoms with van der Waals surface area (Å²) in [4.78, 5) is 39.9. The van der Waals surface area contributed by atoms with Gasteiger partial charge < -0.3 is 25.4 Å². The number of ether oxygens (including phenoxy) is 2. The number of nitrogens with one attached hydrogen (secondary N) is 3. The number of rotatable bonds is 7. The van der Waals surface area contributed by atoms with Crippen LogP contribution >= 0.6 is 0 Å². The summed E-state index contributed by atoms with van der Waals surface area (Å²) in [6.45, 7) is 2.47. The molecule has 0 radical (unpaired) electrons. The molecule has 9 nitrogen and oxygen atoms in total. The maximum atomic E-state index is 12.6. The molecule has 2 heterocycles. The molecular weight excluding hydrogens is 436 g/mol. The van der Waals surface area contributed by atoms with Crippen LogP contribution in [-0.2, 0) is 16.1 Å². The van der Waals surface area contributed by atoms with Crippen molar-refractivity contribution in [3.8, 4) is 11.5 Å². The summed E-state index contributed by atoms with van der Waals surface area (Å²) >= 11 is 0. The number of benzene rings is 2. The van der Waals surface area contributed by atoms with Gasteiger partial charge in [0.25, 0.3) is 5.91 Å². The fourth-order valence-corrected chi connectivity index (χ4v) is 4.40. The Labute approximate surface area is 198 Å². The summed E-state index contributed by atoms with van der Waals surface area (Å²) in [6, 6.07) is 11.8. The van der Waals surface area contributed by atoms with Crippen molar-refractivity contribution in [3.05, 3.63) is 53.6 Å². The van der Waals surface area contributed by atoms with E-state index in [0.29, 0.717) is 22.7 Å². The topological polar surface area (TPSA) is 109 Å². The Morgan fingerprint density at radius 1 is 1.06 bits per heavy atom. The van der Waals surface area contributed by atoms with Gasteiger partial charge >= 0.3 is 0 Å². The minimum absolute atomic E-state index is 0.0379. The number of carbonyl (C=O) groups is 3. The Bertz CT molecular complexity index is 1070. The molecule has 1 atom stereocenters. The molecule has 2 aliphatic heterocycles. The Balaban J connectivity index is 1.25. The Hall–Kier alpha value is -3.59. The average molecular weight is 467 g/mol. The van der Waals surface area contributed by atoms with Crippen molar-refractivity contribution in [2.45, 2.75) is 37.9 Å². The lowest BCUT2D eigenvalue weighted by molar-refractivity contribution is -0.126. The Morgan fingerprint density at radius 3 is 2.53 bits per heavy atom. The first-order chi connectivity index (χ1) is 16.5. The summed E-state index contributed by atoms with van der Waals surface area (Å²) in [5.41, 5.74) is 1.98. The first kappa shape index (κ1) is 23.6. The number of carbonyl (C=O) groups excluding carboxylic acids is 3. The van der Waals surface area contributed by atoms with Crippen LogP contribution in [0.5, 0.6) is 11.5 Å². The maximum absolute atomic E-state index is 12.6. The predicted octanol–water partition coefficient (Wildman–Crippen LogP) is 1.93. The molecule has 34 heavy (non-hydrogen) atoms. The molecule has 0 bridgehead atoms. The number of amides is 3. The molecule has 1 fully saturated rings. The third-order valence-electron chi connectivity index (χ3n) is 6.25. The third kappa shape index (κ3) is 5.48. The summed E-state index contributed by atoms with van der Waals surface area (Å²) < 4.78 is 10.7. The van der Waals surface area contributed by atoms with Crippen molar-refractivity contribution in [1.29, 1.82) is 0 Å². The van der Waals surface area contributed by atoms with Crippen molar-refractivity contribution in [1.82, 2.24) is 15.5 Å². The standard InChI is InChI=1S/C25H30N4O5/c1-33-21-8-7-16(13-22(21)34-2)15-29-11-9-17(10-12-29)26-23(30)14-20-25(32)27-19-6-4-3-5-18(19)24(31)28-20/h3-8,13,17,20H,9-12,14-15H2,1-2H3,(H,26,30)(H,27,32)(H,28,31). The summed E-state index contributed by atoms with van der Waals surface area (Å²) in [6.07, 6.45) is 1.53. The predicted molar refractivity (Wildman–Crippen MR) is 127 cm³/mol. The second kappa shape index (κ2) is 10.6. The van der Waals surface area contributed by atoms with E-state index < -0.39 is 11.9 Å². The fourth-order valence-electron chi connectivity index (χ4n) is 4.40. The van der Waals surface area contributed by atoms with E-state index >= 15 is 0 Å². The lowest BCUT2D eigenvalue weighted by atomic mass is 10.0. The van der Waals surface area contributed by atoms with E-state index in [0.717, 1.165) is 38.0 Å². The molecule has 1 saturated heterocycles. The molecule has 180 valence electrons. The highest BCUT2D eigenvalue weighted by molar-refractivity contribution is 6.10. The Kier molecular flexibility index (Phi) is 7.32. The van der Waals surface area contributed by atoms with Crippen molar-refractivity contribution < 1.29 is 23.9 Å². The van der Waals surface area contributed by atoms with E-state index in [1.807, 2.05) is 18.2 Å². The van der Waals surface area contributed by atoms with E-state index in [9.17, 15) is 14.4 Å². The third-order valence-corrected chi connectivity index (χ3v) is 6.25. The molecule has 4 rings (SSSR count). The van der Waals surface area contributed by atoms with Gasteiger partial charge in [0.15, 0.2) is 11.5 Å². The summed E-state index contributed by atoms with van der Waals surface area (Å²) in [5, 5.41) is 8.42. The van der Waals surface area contributed by atoms with Gasteiger partial charge in [0.05, 0.1) is 31.9 Å². The van der Waals surface area contributed by atoms with Crippen molar-refractivity contribution in [3.63, 3.8) is 0 Å². The summed E-state index contributed by atoms with van der Waals surface area (Å²) in [7, 11) is 3.24. The monoisotopic (exact) mass is 466 g/mol. The fraction of sp³-hybridized carbons (Fsp3) is 0.400. The number of anilines is 1. The van der Waals surface area contributed by atoms with Gasteiger partial charge in [-0.15, -0.1) is 0 Å². The molecule has 1 unspecified atom stereocenters. The van der Waals surface area contributed by atoms with Crippen LogP contribution in [0.25, 0.3) is 0 Å². The van der Waals surface area contributed by atoms with Crippen LogP contribution in [0.15, 0.2) is 42.5 Å². The Morgan fingerprint density at radius 2 is 1.79 bits per heavy atom. The van der Waals surface area contributed by atoms with Crippen LogP contribution in [0.2, 0.25) is 0 Å². The molecule has 0 saturated carbocycles. The number of nitrogens with zero attached hydrogens (tertiary/aromatic N) is 1. The van der Waals surface area contributed by atoms with Gasteiger partial charge in [0.2, 0.25) is 11.8 Å². The number of piperidine rings is 1. The number of para-hydroxylation sites is 1. The number of methoxy groups -OCH3 is 2. The van der Waals surface area contributed by atoms with Gasteiger partial charge in [0.1, 0.15) is 6.04 Å². The zero-order valence-electron chi connectivity index (χ0n) is 19.4. The molecule has 2 aliphatic rings. The smallest absolute Gasteiger partial charge is 0.254 e. The van der Waals surface area contributed by atoms with Gasteiger partial charge in [0, 0.05) is 25.7 Å². The molecule has 2 aromatic carbocycles. The molecule has 0 aromatic heterocycles. The lowest BCUT2D eigenvalue weighted by Gasteiger charge is -2.32. The van der Waals surface area contributed by atoms with Crippen LogP contribution in [0.4, 0.5) is 5.69 Å². The first-order valence-corrected chi connectivity index (χ1v) is 11.4. The van der Waals surface area contributed by atoms with Crippen molar-refractivity contribution in [2.24, 2.45) is 0 Å². The van der Waals surface area contributed by atoms with Crippen LogP contribution < -0.4 is 25.4 Å². The van der Waals surface area contributed by atoms with E-state index in [-0.39, 0.29) is 24.3 Å². The second-order valence-electron chi connectivity index (χ2n) is 8.57. The number of likely N-dealkylation sites (tertiary alicyclic amines) is 1. The van der Waals surface area contributed by atoms with Gasteiger partial charge in [-0.2, -0.15) is 0 Å². The number of hydrogen-bond acceptors (Lipinski definition) is 6. The maximum Gasteiger partial charge on any atom is 0.254 e. The van der Waals surface area contributed by atoms with Gasteiger partial charge in [-0.05, 0) is 42.7 Å². The molecule has 3 N–H and O–H groups in total. The highest BCUT2D eigenvalue weighted by atomic mass is 16.5. The van der Waals surface area contributed by atoms with E-state index in [1.165, 1.54) is 0 Å². The summed E-state index contributed by atoms with van der Waals surface area (Å²) in [5.74, 6) is 0.410. The minimum atomic E-state index is -0.912. The van der Waals surface area contributed by atoms with Crippen molar-refractivity contribution >= 4 is 23.4 Å². The SMILES string of the molecule is COc1ccc(CN2CCC(NC(=O)CC3NC(=O)c4ccccc4NC3=O)CC2)cc1OC. The second-order valence-corrected chi connectivity index (χ2v) is 8.57. The zero-order valence-corrected chi connectivity index (χ0v) is 19.4. The van der Waals surface area contributed by atoms with Crippen molar-refractivity contribution in [2.75, 3.05) is 32.6 Å². The zero-order chi connectivity index (χ0) is 24.1. The van der Waals surface area contributed by atoms with Crippen LogP contribution in [0, 0.1) is 0 Å². The average Bonchev–Trinajstić information content (AvgIpc) is 2.96. The highest BCUT2D eigenvalue weighted by Gasteiger charge is 2.30. The van der Waals surface area contributed by atoms with E-state index in [2.05, 4.69) is 20.9 Å². The van der Waals surface area contributed by atoms with Gasteiger partial charge in [-0.3, -0.25) is 19.3 Å². The van der Waals surface area contributed by atoms with Gasteiger partial charge in [-0.1, -0.05) is 18.2 Å². The molecule has 0 spiro atoms. The van der Waals surface area contributed by atoms with Gasteiger partial charge in [-0.25, -0.2) is 0 Å². The molecule has 0 aliphatic carbocycles. The quantitative estimate of drug-likeness (QED) is 0.575. The van der Waals surface area contributed by atoms with E-state index in [4.69, 9.17) is 9.47 Å². The normalized spacial score (nSPS) is 18.8. The molecule has 9 heteroatoms. The lowest BCUT2D eigenvalue weighted by Crippen LogP contribution is -2.48. The first-order valence-electron chi connectivity index (χ1n) is 11.4. The van der Waals surface area contributed by atoms with Crippen LogP contribution in [0.3, 0.4) is 0 Å². The molecule has 3 amide bonds. The molecular formula is C25H30N4O5. The van der Waals surface area contributed by atoms with Crippen LogP contribution in [-0.4, -0.2) is 62.0 Å². The number of hydrogen-bond donors (Lipinski definition) is 3. The van der Waals surface area contributed by atoms with E-state index in [1.54, 1.807) is 38.5 Å². The number of fused-ring (bicyclic) bond motifs is 1. The highest BCUT2D eigenvalue weighted by Crippen LogP contribution is 2.28. The minimum Gasteiger partial charge on any atom is -0.493 e.